The Bertz CT molecular complexity index is 928. The van der Waals surface area contributed by atoms with Crippen molar-refractivity contribution >= 4 is 35.1 Å². The van der Waals surface area contributed by atoms with Gasteiger partial charge in [-0.05, 0) is 18.6 Å². The highest BCUT2D eigenvalue weighted by Gasteiger charge is 2.35. The van der Waals surface area contributed by atoms with Gasteiger partial charge in [0, 0.05) is 12.2 Å². The molecule has 8 nitrogen and oxygen atoms in total. The molecule has 3 N–H and O–H groups in total. The van der Waals surface area contributed by atoms with Crippen molar-refractivity contribution in [2.75, 3.05) is 23.5 Å². The SMILES string of the molecule is CCCSc1nc2c(c(=O)[nH]1)[C@@H](C(=O)Nc1ccccc1OC)CC(=O)N2. The summed E-state index contributed by atoms with van der Waals surface area (Å²) in [6.07, 6.45) is 0.794. The maximum absolute atomic E-state index is 12.8. The van der Waals surface area contributed by atoms with E-state index in [1.165, 1.54) is 18.9 Å². The van der Waals surface area contributed by atoms with Gasteiger partial charge in [-0.15, -0.1) is 0 Å². The number of anilines is 2. The van der Waals surface area contributed by atoms with E-state index in [2.05, 4.69) is 20.6 Å². The number of fused-ring (bicyclic) bond motifs is 1. The number of para-hydroxylation sites is 2. The molecule has 3 rings (SSSR count). The van der Waals surface area contributed by atoms with Crippen LogP contribution in [0.15, 0.2) is 34.2 Å². The van der Waals surface area contributed by atoms with E-state index < -0.39 is 17.4 Å². The Hall–Kier alpha value is -2.81. The zero-order valence-corrected chi connectivity index (χ0v) is 15.8. The number of carbonyl (C=O) groups excluding carboxylic acids is 2. The van der Waals surface area contributed by atoms with Crippen LogP contribution >= 0.6 is 11.8 Å². The number of thioether (sulfide) groups is 1. The van der Waals surface area contributed by atoms with Crippen LogP contribution in [0.25, 0.3) is 0 Å². The highest BCUT2D eigenvalue weighted by Crippen LogP contribution is 2.31. The molecule has 2 amide bonds. The second-order valence-electron chi connectivity index (χ2n) is 5.98. The summed E-state index contributed by atoms with van der Waals surface area (Å²) < 4.78 is 5.22. The number of nitrogens with zero attached hydrogens (tertiary/aromatic N) is 1. The smallest absolute Gasteiger partial charge is 0.257 e. The summed E-state index contributed by atoms with van der Waals surface area (Å²) in [5, 5.41) is 5.76. The summed E-state index contributed by atoms with van der Waals surface area (Å²) in [5.74, 6) is -0.324. The van der Waals surface area contributed by atoms with E-state index in [4.69, 9.17) is 4.74 Å². The van der Waals surface area contributed by atoms with Crippen molar-refractivity contribution < 1.29 is 14.3 Å². The zero-order chi connectivity index (χ0) is 19.4. The number of methoxy groups -OCH3 is 1. The van der Waals surface area contributed by atoms with Gasteiger partial charge in [-0.3, -0.25) is 14.4 Å². The predicted molar refractivity (Wildman–Crippen MR) is 103 cm³/mol. The van der Waals surface area contributed by atoms with Gasteiger partial charge in [0.25, 0.3) is 5.56 Å². The lowest BCUT2D eigenvalue weighted by Crippen LogP contribution is -2.36. The molecule has 1 atom stereocenters. The summed E-state index contributed by atoms with van der Waals surface area (Å²) in [5.41, 5.74) is 0.221. The molecule has 0 radical (unpaired) electrons. The zero-order valence-electron chi connectivity index (χ0n) is 15.0. The van der Waals surface area contributed by atoms with Crippen LogP contribution in [0.4, 0.5) is 11.5 Å². The minimum absolute atomic E-state index is 0.125. The molecule has 0 spiro atoms. The van der Waals surface area contributed by atoms with Crippen LogP contribution in [0.2, 0.25) is 0 Å². The van der Waals surface area contributed by atoms with Crippen LogP contribution in [0, 0.1) is 0 Å². The van der Waals surface area contributed by atoms with E-state index in [1.807, 2.05) is 6.92 Å². The Labute approximate surface area is 160 Å². The van der Waals surface area contributed by atoms with Gasteiger partial charge >= 0.3 is 0 Å². The van der Waals surface area contributed by atoms with E-state index in [-0.39, 0.29) is 23.7 Å². The molecule has 0 saturated carbocycles. The Morgan fingerprint density at radius 1 is 1.37 bits per heavy atom. The first-order valence-electron chi connectivity index (χ1n) is 8.54. The molecule has 1 aromatic heterocycles. The van der Waals surface area contributed by atoms with Crippen LogP contribution in [0.5, 0.6) is 5.75 Å². The molecule has 0 fully saturated rings. The van der Waals surface area contributed by atoms with Gasteiger partial charge in [-0.1, -0.05) is 30.8 Å². The molecule has 0 aliphatic carbocycles. The number of aromatic amines is 1. The quantitative estimate of drug-likeness (QED) is 0.517. The normalized spacial score (nSPS) is 15.6. The predicted octanol–water partition coefficient (Wildman–Crippen LogP) is 2.35. The van der Waals surface area contributed by atoms with Gasteiger partial charge in [-0.2, -0.15) is 0 Å². The maximum Gasteiger partial charge on any atom is 0.257 e. The lowest BCUT2D eigenvalue weighted by molar-refractivity contribution is -0.123. The Kier molecular flexibility index (Phi) is 5.80. The van der Waals surface area contributed by atoms with Crippen LogP contribution in [-0.4, -0.2) is 34.6 Å². The van der Waals surface area contributed by atoms with Crippen LogP contribution in [-0.2, 0) is 9.59 Å². The lowest BCUT2D eigenvalue weighted by atomic mass is 9.92. The van der Waals surface area contributed by atoms with Crippen molar-refractivity contribution in [2.45, 2.75) is 30.8 Å². The summed E-state index contributed by atoms with van der Waals surface area (Å²) in [7, 11) is 1.50. The van der Waals surface area contributed by atoms with Gasteiger partial charge in [0.15, 0.2) is 5.16 Å². The first-order chi connectivity index (χ1) is 13.0. The molecular formula is C18H20N4O4S. The second-order valence-corrected chi connectivity index (χ2v) is 7.06. The van der Waals surface area contributed by atoms with Gasteiger partial charge in [0.2, 0.25) is 11.8 Å². The third kappa shape index (κ3) is 4.13. The standard InChI is InChI=1S/C18H20N4O4S/c1-3-8-27-18-21-15-14(17(25)22-18)10(9-13(23)20-15)16(24)19-11-6-4-5-7-12(11)26-2/h4-7,10H,3,8-9H2,1-2H3,(H,19,24)(H2,20,21,22,23,25)/t10-/m0/s1. The number of hydrogen-bond donors (Lipinski definition) is 3. The molecule has 0 bridgehead atoms. The molecule has 0 unspecified atom stereocenters. The third-order valence-electron chi connectivity index (χ3n) is 4.05. The summed E-state index contributed by atoms with van der Waals surface area (Å²) in [4.78, 5) is 44.5. The molecular weight excluding hydrogens is 368 g/mol. The number of nitrogens with one attached hydrogen (secondary N) is 3. The van der Waals surface area contributed by atoms with Crippen LogP contribution in [0.1, 0.15) is 31.2 Å². The first kappa shape index (κ1) is 19.0. The van der Waals surface area contributed by atoms with E-state index in [1.54, 1.807) is 24.3 Å². The second kappa shape index (κ2) is 8.26. The Balaban J connectivity index is 1.92. The molecule has 9 heteroatoms. The molecule has 142 valence electrons. The van der Waals surface area contributed by atoms with Crippen molar-refractivity contribution in [3.05, 3.63) is 40.2 Å². The average molecular weight is 388 g/mol. The molecule has 0 saturated heterocycles. The minimum Gasteiger partial charge on any atom is -0.495 e. The Morgan fingerprint density at radius 2 is 2.15 bits per heavy atom. The first-order valence-corrected chi connectivity index (χ1v) is 9.52. The summed E-state index contributed by atoms with van der Waals surface area (Å²) >= 11 is 1.39. The fourth-order valence-corrected chi connectivity index (χ4v) is 3.53. The highest BCUT2D eigenvalue weighted by molar-refractivity contribution is 7.99. The molecule has 2 heterocycles. The summed E-state index contributed by atoms with van der Waals surface area (Å²) in [6.45, 7) is 2.02. The van der Waals surface area contributed by atoms with Crippen LogP contribution in [0.3, 0.4) is 0 Å². The van der Waals surface area contributed by atoms with Crippen LogP contribution < -0.4 is 20.9 Å². The van der Waals surface area contributed by atoms with Crippen molar-refractivity contribution in [3.63, 3.8) is 0 Å². The monoisotopic (exact) mass is 388 g/mol. The van der Waals surface area contributed by atoms with Crippen molar-refractivity contribution in [3.8, 4) is 5.75 Å². The van der Waals surface area contributed by atoms with E-state index in [0.29, 0.717) is 16.6 Å². The van der Waals surface area contributed by atoms with Crippen molar-refractivity contribution in [2.24, 2.45) is 0 Å². The Morgan fingerprint density at radius 3 is 2.89 bits per heavy atom. The number of hydrogen-bond acceptors (Lipinski definition) is 6. The number of ether oxygens (including phenoxy) is 1. The number of H-pyrrole nitrogens is 1. The molecule has 1 aromatic carbocycles. The third-order valence-corrected chi connectivity index (χ3v) is 5.13. The minimum atomic E-state index is -0.930. The molecule has 1 aliphatic heterocycles. The number of benzene rings is 1. The summed E-state index contributed by atoms with van der Waals surface area (Å²) in [6, 6.07) is 6.93. The van der Waals surface area contributed by atoms with E-state index in [9.17, 15) is 14.4 Å². The van der Waals surface area contributed by atoms with E-state index >= 15 is 0 Å². The van der Waals surface area contributed by atoms with Crippen molar-refractivity contribution in [1.82, 2.24) is 9.97 Å². The number of amides is 2. The number of rotatable bonds is 6. The van der Waals surface area contributed by atoms with Gasteiger partial charge in [-0.25, -0.2) is 4.98 Å². The number of aromatic nitrogens is 2. The largest absolute Gasteiger partial charge is 0.495 e. The molecule has 1 aliphatic rings. The average Bonchev–Trinajstić information content (AvgIpc) is 2.65. The fraction of sp³-hybridized carbons (Fsp3) is 0.333. The van der Waals surface area contributed by atoms with Gasteiger partial charge < -0.3 is 20.4 Å². The topological polar surface area (TPSA) is 113 Å². The van der Waals surface area contributed by atoms with Gasteiger partial charge in [0.1, 0.15) is 11.6 Å². The van der Waals surface area contributed by atoms with Crippen molar-refractivity contribution in [1.29, 1.82) is 0 Å². The molecule has 2 aromatic rings. The lowest BCUT2D eigenvalue weighted by Gasteiger charge is -2.23. The van der Waals surface area contributed by atoms with Gasteiger partial charge in [0.05, 0.1) is 24.3 Å². The van der Waals surface area contributed by atoms with E-state index in [0.717, 1.165) is 12.2 Å². The fourth-order valence-electron chi connectivity index (χ4n) is 2.81. The highest BCUT2D eigenvalue weighted by atomic mass is 32.2. The molecule has 27 heavy (non-hydrogen) atoms. The maximum atomic E-state index is 12.8. The number of carbonyl (C=O) groups is 2.